The van der Waals surface area contributed by atoms with Gasteiger partial charge in [-0.25, -0.2) is 9.67 Å². The van der Waals surface area contributed by atoms with E-state index in [-0.39, 0.29) is 17.6 Å². The number of nitrogens with one attached hydrogen (secondary N) is 1. The van der Waals surface area contributed by atoms with Crippen molar-refractivity contribution in [2.75, 3.05) is 5.32 Å². The standard InChI is InChI=1S/C15H18F3N5O/c1-3-9(2)12(19)14(24)21-11-6-8-23(22-11)13-10(15(16,17)18)5-4-7-20-13/h4-9,12H,3,19H2,1-2H3,(H,21,22,24). The van der Waals surface area contributed by atoms with E-state index in [0.29, 0.717) is 0 Å². The third-order valence-electron chi connectivity index (χ3n) is 3.71. The molecular formula is C15H18F3N5O. The number of nitrogens with zero attached hydrogens (tertiary/aromatic N) is 3. The molecule has 2 atom stereocenters. The van der Waals surface area contributed by atoms with Crippen molar-refractivity contribution in [3.63, 3.8) is 0 Å². The SMILES string of the molecule is CCC(C)C(N)C(=O)Nc1ccn(-c2ncccc2C(F)(F)F)n1. The van der Waals surface area contributed by atoms with Crippen LogP contribution < -0.4 is 11.1 Å². The summed E-state index contributed by atoms with van der Waals surface area (Å²) in [5, 5.41) is 6.43. The predicted molar refractivity (Wildman–Crippen MR) is 82.4 cm³/mol. The van der Waals surface area contributed by atoms with Crippen molar-refractivity contribution in [3.05, 3.63) is 36.2 Å². The second-order valence-corrected chi connectivity index (χ2v) is 5.42. The highest BCUT2D eigenvalue weighted by atomic mass is 19.4. The van der Waals surface area contributed by atoms with Crippen LogP contribution >= 0.6 is 0 Å². The lowest BCUT2D eigenvalue weighted by atomic mass is 9.99. The highest BCUT2D eigenvalue weighted by molar-refractivity contribution is 5.94. The zero-order chi connectivity index (χ0) is 17.9. The van der Waals surface area contributed by atoms with Gasteiger partial charge in [0, 0.05) is 18.5 Å². The minimum atomic E-state index is -4.56. The third-order valence-corrected chi connectivity index (χ3v) is 3.71. The summed E-state index contributed by atoms with van der Waals surface area (Å²) in [6.07, 6.45) is -1.30. The summed E-state index contributed by atoms with van der Waals surface area (Å²) in [4.78, 5) is 15.7. The van der Waals surface area contributed by atoms with E-state index in [9.17, 15) is 18.0 Å². The van der Waals surface area contributed by atoms with E-state index in [1.807, 2.05) is 13.8 Å². The third kappa shape index (κ3) is 3.91. The van der Waals surface area contributed by atoms with Crippen LogP contribution in [0.3, 0.4) is 0 Å². The normalized spacial score (nSPS) is 14.2. The number of hydrogen-bond donors (Lipinski definition) is 2. The number of carbonyl (C=O) groups excluding carboxylic acids is 1. The van der Waals surface area contributed by atoms with Crippen LogP contribution in [-0.2, 0) is 11.0 Å². The summed E-state index contributed by atoms with van der Waals surface area (Å²) in [5.41, 5.74) is 4.90. The molecular weight excluding hydrogens is 323 g/mol. The largest absolute Gasteiger partial charge is 0.420 e. The summed E-state index contributed by atoms with van der Waals surface area (Å²) in [5.74, 6) is -0.722. The molecule has 130 valence electrons. The van der Waals surface area contributed by atoms with Gasteiger partial charge in [-0.2, -0.15) is 13.2 Å². The van der Waals surface area contributed by atoms with E-state index in [0.717, 1.165) is 17.2 Å². The number of rotatable bonds is 5. The molecule has 2 aromatic rings. The van der Waals surface area contributed by atoms with Gasteiger partial charge in [0.15, 0.2) is 11.6 Å². The molecule has 2 rings (SSSR count). The van der Waals surface area contributed by atoms with Crippen LogP contribution in [0.1, 0.15) is 25.8 Å². The predicted octanol–water partition coefficient (Wildman–Crippen LogP) is 2.60. The Morgan fingerprint density at radius 1 is 1.42 bits per heavy atom. The number of pyridine rings is 1. The molecule has 0 saturated carbocycles. The fourth-order valence-electron chi connectivity index (χ4n) is 2.03. The van der Waals surface area contributed by atoms with Crippen LogP contribution in [-0.4, -0.2) is 26.7 Å². The van der Waals surface area contributed by atoms with E-state index in [1.165, 1.54) is 24.5 Å². The molecule has 3 N–H and O–H groups in total. The zero-order valence-corrected chi connectivity index (χ0v) is 13.2. The first-order chi connectivity index (χ1) is 11.2. The quantitative estimate of drug-likeness (QED) is 0.875. The van der Waals surface area contributed by atoms with Crippen LogP contribution in [0.25, 0.3) is 5.82 Å². The van der Waals surface area contributed by atoms with Crippen molar-refractivity contribution in [1.29, 1.82) is 0 Å². The summed E-state index contributed by atoms with van der Waals surface area (Å²) >= 11 is 0. The van der Waals surface area contributed by atoms with Gasteiger partial charge in [0.05, 0.1) is 6.04 Å². The van der Waals surface area contributed by atoms with Gasteiger partial charge in [0.2, 0.25) is 5.91 Å². The summed E-state index contributed by atoms with van der Waals surface area (Å²) in [7, 11) is 0. The van der Waals surface area contributed by atoms with Crippen LogP contribution in [0.2, 0.25) is 0 Å². The molecule has 0 aliphatic heterocycles. The first kappa shape index (κ1) is 17.9. The van der Waals surface area contributed by atoms with Crippen LogP contribution in [0.15, 0.2) is 30.6 Å². The lowest BCUT2D eigenvalue weighted by Crippen LogP contribution is -2.40. The Morgan fingerprint density at radius 2 is 2.12 bits per heavy atom. The maximum atomic E-state index is 13.0. The minimum absolute atomic E-state index is 0.0280. The average molecular weight is 341 g/mol. The highest BCUT2D eigenvalue weighted by Crippen LogP contribution is 2.32. The Bertz CT molecular complexity index is 713. The van der Waals surface area contributed by atoms with E-state index in [2.05, 4.69) is 15.4 Å². The fourth-order valence-corrected chi connectivity index (χ4v) is 2.03. The molecule has 2 aromatic heterocycles. The van der Waals surface area contributed by atoms with Gasteiger partial charge in [0.1, 0.15) is 5.56 Å². The lowest BCUT2D eigenvalue weighted by molar-refractivity contribution is -0.137. The molecule has 2 heterocycles. The van der Waals surface area contributed by atoms with E-state index >= 15 is 0 Å². The maximum absolute atomic E-state index is 13.0. The Hall–Kier alpha value is -2.42. The second-order valence-electron chi connectivity index (χ2n) is 5.42. The number of alkyl halides is 3. The molecule has 6 nitrogen and oxygen atoms in total. The van der Waals surface area contributed by atoms with Gasteiger partial charge >= 0.3 is 6.18 Å². The number of halogens is 3. The van der Waals surface area contributed by atoms with E-state index < -0.39 is 23.7 Å². The van der Waals surface area contributed by atoms with Gasteiger partial charge in [-0.1, -0.05) is 20.3 Å². The summed E-state index contributed by atoms with van der Waals surface area (Å²) in [6.45, 7) is 3.75. The molecule has 0 aliphatic rings. The molecule has 0 fully saturated rings. The van der Waals surface area contributed by atoms with Crippen molar-refractivity contribution in [2.24, 2.45) is 11.7 Å². The van der Waals surface area contributed by atoms with Crippen molar-refractivity contribution >= 4 is 11.7 Å². The highest BCUT2D eigenvalue weighted by Gasteiger charge is 2.35. The number of nitrogens with two attached hydrogens (primary N) is 1. The molecule has 2 unspecified atom stereocenters. The first-order valence-corrected chi connectivity index (χ1v) is 7.38. The van der Waals surface area contributed by atoms with Gasteiger partial charge in [-0.3, -0.25) is 4.79 Å². The molecule has 0 spiro atoms. The zero-order valence-electron chi connectivity index (χ0n) is 13.2. The second kappa shape index (κ2) is 7.00. The molecule has 1 amide bonds. The molecule has 0 aromatic carbocycles. The summed E-state index contributed by atoms with van der Waals surface area (Å²) < 4.78 is 40.0. The number of carbonyl (C=O) groups is 1. The Labute approximate surface area is 136 Å². The van der Waals surface area contributed by atoms with Crippen LogP contribution in [0.4, 0.5) is 19.0 Å². The van der Waals surface area contributed by atoms with Gasteiger partial charge in [-0.15, -0.1) is 5.10 Å². The van der Waals surface area contributed by atoms with E-state index in [1.54, 1.807) is 0 Å². The average Bonchev–Trinajstić information content (AvgIpc) is 3.00. The van der Waals surface area contributed by atoms with Crippen molar-refractivity contribution < 1.29 is 18.0 Å². The molecule has 0 radical (unpaired) electrons. The number of amides is 1. The monoisotopic (exact) mass is 341 g/mol. The van der Waals surface area contributed by atoms with Crippen molar-refractivity contribution in [1.82, 2.24) is 14.8 Å². The first-order valence-electron chi connectivity index (χ1n) is 7.38. The molecule has 24 heavy (non-hydrogen) atoms. The molecule has 0 aliphatic carbocycles. The van der Waals surface area contributed by atoms with Crippen LogP contribution in [0.5, 0.6) is 0 Å². The van der Waals surface area contributed by atoms with Gasteiger partial charge in [-0.05, 0) is 18.1 Å². The molecule has 9 heteroatoms. The fraction of sp³-hybridized carbons (Fsp3) is 0.400. The Balaban J connectivity index is 2.22. The lowest BCUT2D eigenvalue weighted by Gasteiger charge is -2.16. The Morgan fingerprint density at radius 3 is 2.75 bits per heavy atom. The van der Waals surface area contributed by atoms with Gasteiger partial charge < -0.3 is 11.1 Å². The topological polar surface area (TPSA) is 85.8 Å². The summed E-state index contributed by atoms with van der Waals surface area (Å²) in [6, 6.07) is 2.78. The Kier molecular flexibility index (Phi) is 5.23. The number of anilines is 1. The number of hydrogen-bond acceptors (Lipinski definition) is 4. The van der Waals surface area contributed by atoms with Gasteiger partial charge in [0.25, 0.3) is 0 Å². The van der Waals surface area contributed by atoms with E-state index in [4.69, 9.17) is 5.73 Å². The smallest absolute Gasteiger partial charge is 0.320 e. The maximum Gasteiger partial charge on any atom is 0.420 e. The van der Waals surface area contributed by atoms with Crippen LogP contribution in [0, 0.1) is 5.92 Å². The minimum Gasteiger partial charge on any atom is -0.320 e. The molecule has 0 bridgehead atoms. The molecule has 0 saturated heterocycles. The van der Waals surface area contributed by atoms with Crippen molar-refractivity contribution in [2.45, 2.75) is 32.5 Å². The number of aromatic nitrogens is 3. The van der Waals surface area contributed by atoms with Crippen molar-refractivity contribution in [3.8, 4) is 5.82 Å².